The van der Waals surface area contributed by atoms with E-state index in [2.05, 4.69) is 51.1 Å². The highest BCUT2D eigenvalue weighted by atomic mass is 32.2. The van der Waals surface area contributed by atoms with Crippen molar-refractivity contribution in [3.63, 3.8) is 0 Å². The molecule has 0 saturated carbocycles. The highest BCUT2D eigenvalue weighted by molar-refractivity contribution is 7.90. The van der Waals surface area contributed by atoms with Crippen LogP contribution in [-0.2, 0) is 42.2 Å². The van der Waals surface area contributed by atoms with Gasteiger partial charge in [0.05, 0.1) is 0 Å². The first kappa shape index (κ1) is 41.7. The van der Waals surface area contributed by atoms with Crippen LogP contribution in [0.5, 0.6) is 5.75 Å². The summed E-state index contributed by atoms with van der Waals surface area (Å²) in [4.78, 5) is 39.5. The van der Waals surface area contributed by atoms with Crippen molar-refractivity contribution >= 4 is 47.0 Å². The summed E-state index contributed by atoms with van der Waals surface area (Å²) in [5, 5.41) is 2.87. The molecule has 0 bridgehead atoms. The number of hydrogen-bond donors (Lipinski definition) is 2. The van der Waals surface area contributed by atoms with Crippen LogP contribution in [0.25, 0.3) is 10.9 Å². The number of halogens is 3. The van der Waals surface area contributed by atoms with Gasteiger partial charge in [0.15, 0.2) is 8.24 Å². The van der Waals surface area contributed by atoms with Gasteiger partial charge in [-0.25, -0.2) is 13.2 Å². The van der Waals surface area contributed by atoms with Crippen LogP contribution in [0.4, 0.5) is 13.2 Å². The molecule has 0 fully saturated rings. The van der Waals surface area contributed by atoms with E-state index in [1.165, 1.54) is 13.0 Å². The maximum Gasteiger partial charge on any atom is 0.511 e. The van der Waals surface area contributed by atoms with Crippen LogP contribution in [-0.4, -0.2) is 56.3 Å². The van der Waals surface area contributed by atoms with E-state index in [4.69, 9.17) is 9.47 Å². The Morgan fingerprint density at radius 1 is 0.902 bits per heavy atom. The van der Waals surface area contributed by atoms with E-state index in [0.29, 0.717) is 22.9 Å². The van der Waals surface area contributed by atoms with Crippen LogP contribution in [0, 0.1) is 5.92 Å². The summed E-state index contributed by atoms with van der Waals surface area (Å²) in [6.07, 6.45) is 1.58. The van der Waals surface area contributed by atoms with Gasteiger partial charge in [-0.15, -0.1) is 0 Å². The number of carbonyl (C=O) groups excluding carboxylic acids is 3. The quantitative estimate of drug-likeness (QED) is 0.0898. The second-order valence-corrected chi connectivity index (χ2v) is 21.3. The highest BCUT2D eigenvalue weighted by Crippen LogP contribution is 2.46. The Kier molecular flexibility index (Phi) is 13.7. The minimum atomic E-state index is -6.04. The molecule has 3 aromatic rings. The minimum absolute atomic E-state index is 0.113. The van der Waals surface area contributed by atoms with Crippen LogP contribution in [0.15, 0.2) is 54.7 Å². The lowest BCUT2D eigenvalue weighted by Crippen LogP contribution is -2.56. The topological polar surface area (TPSA) is 133 Å². The SMILES string of the molecule is CC[C@H](C)C(NC(=O)[C@H](Cc1cn([Si](C(C)C)(C(C)C)C(C)C)c2cccc(OC(C)=O)c12)NS(=O)(=O)C(F)(F)F)C(=O)OCc1ccccc1. The largest absolute Gasteiger partial charge is 0.511 e. The zero-order valence-corrected chi connectivity index (χ0v) is 32.4. The molecule has 0 aliphatic heterocycles. The van der Waals surface area contributed by atoms with Crippen LogP contribution in [0.3, 0.4) is 0 Å². The standard InChI is InChI=1S/C36H50F3N3O7SSi/c1-10-25(8)33(35(45)48-21-27-15-12-11-13-16-27)40-34(44)29(41-50(46,47)36(37,38)39)19-28-20-42(51(22(2)3,23(4)5)24(6)7)30-17-14-18-31(32(28)30)49-26(9)43/h11-18,20,22-25,29,33,41H,10,19,21H2,1-9H3,(H,40,44)/t25-,29-,33?/m0/s1. The number of nitrogens with one attached hydrogen (secondary N) is 2. The first-order valence-electron chi connectivity index (χ1n) is 17.1. The van der Waals surface area contributed by atoms with Crippen molar-refractivity contribution < 1.29 is 45.4 Å². The molecular weight excluding hydrogens is 704 g/mol. The number of fused-ring (bicyclic) bond motifs is 1. The molecule has 2 aromatic carbocycles. The van der Waals surface area contributed by atoms with E-state index in [9.17, 15) is 36.0 Å². The number of esters is 2. The first-order valence-corrected chi connectivity index (χ1v) is 20.8. The summed E-state index contributed by atoms with van der Waals surface area (Å²) in [5.41, 5.74) is -3.62. The molecule has 3 rings (SSSR count). The molecule has 0 aliphatic carbocycles. The number of alkyl halides is 3. The molecule has 0 saturated heterocycles. The van der Waals surface area contributed by atoms with E-state index in [0.717, 1.165) is 0 Å². The number of hydrogen-bond acceptors (Lipinski definition) is 7. The van der Waals surface area contributed by atoms with Gasteiger partial charge in [-0.3, -0.25) is 9.59 Å². The van der Waals surface area contributed by atoms with E-state index in [-0.39, 0.29) is 34.5 Å². The average Bonchev–Trinajstić information content (AvgIpc) is 3.39. The molecule has 3 atom stereocenters. The van der Waals surface area contributed by atoms with Gasteiger partial charge in [-0.1, -0.05) is 98.2 Å². The van der Waals surface area contributed by atoms with Gasteiger partial charge < -0.3 is 19.0 Å². The van der Waals surface area contributed by atoms with Gasteiger partial charge in [-0.2, -0.15) is 17.9 Å². The zero-order chi connectivity index (χ0) is 38.5. The number of sulfonamides is 1. The van der Waals surface area contributed by atoms with Gasteiger partial charge >= 0.3 is 27.5 Å². The van der Waals surface area contributed by atoms with Gasteiger partial charge in [0.2, 0.25) is 5.91 Å². The number of amides is 1. The monoisotopic (exact) mass is 753 g/mol. The number of carbonyl (C=O) groups is 3. The molecule has 10 nitrogen and oxygen atoms in total. The van der Waals surface area contributed by atoms with Gasteiger partial charge in [0.25, 0.3) is 0 Å². The predicted molar refractivity (Wildman–Crippen MR) is 193 cm³/mol. The molecule has 1 aromatic heterocycles. The molecule has 0 aliphatic rings. The van der Waals surface area contributed by atoms with Crippen molar-refractivity contribution in [2.75, 3.05) is 0 Å². The Bertz CT molecular complexity index is 1770. The fraction of sp³-hybridized carbons (Fsp3) is 0.528. The summed E-state index contributed by atoms with van der Waals surface area (Å²) >= 11 is 0. The van der Waals surface area contributed by atoms with E-state index in [1.807, 2.05) is 6.07 Å². The zero-order valence-electron chi connectivity index (χ0n) is 30.6. The minimum Gasteiger partial charge on any atom is -0.459 e. The maximum absolute atomic E-state index is 14.0. The Morgan fingerprint density at radius 2 is 1.49 bits per heavy atom. The third-order valence-corrected chi connectivity index (χ3v) is 17.6. The van der Waals surface area contributed by atoms with Crippen LogP contribution >= 0.6 is 0 Å². The average molecular weight is 754 g/mol. The molecule has 282 valence electrons. The lowest BCUT2D eigenvalue weighted by molar-refractivity contribution is -0.150. The third-order valence-electron chi connectivity index (χ3n) is 9.65. The molecule has 0 spiro atoms. The smallest absolute Gasteiger partial charge is 0.459 e. The van der Waals surface area contributed by atoms with Crippen LogP contribution < -0.4 is 14.8 Å². The molecule has 51 heavy (non-hydrogen) atoms. The molecule has 0 radical (unpaired) electrons. The summed E-state index contributed by atoms with van der Waals surface area (Å²) in [6, 6.07) is 10.5. The Labute approximate surface area is 299 Å². The molecule has 2 N–H and O–H groups in total. The number of ether oxygens (including phenoxy) is 2. The second kappa shape index (κ2) is 16.8. The van der Waals surface area contributed by atoms with Crippen molar-refractivity contribution in [2.24, 2.45) is 5.92 Å². The van der Waals surface area contributed by atoms with E-state index < -0.39 is 66.0 Å². The van der Waals surface area contributed by atoms with E-state index in [1.54, 1.807) is 61.2 Å². The lowest BCUT2D eigenvalue weighted by atomic mass is 9.98. The van der Waals surface area contributed by atoms with Crippen LogP contribution in [0.1, 0.15) is 79.9 Å². The molecular formula is C36H50F3N3O7SSi. The van der Waals surface area contributed by atoms with Crippen LogP contribution in [0.2, 0.25) is 16.6 Å². The number of aromatic nitrogens is 1. The molecule has 1 heterocycles. The molecule has 15 heteroatoms. The predicted octanol–water partition coefficient (Wildman–Crippen LogP) is 7.21. The lowest BCUT2D eigenvalue weighted by Gasteiger charge is -2.44. The van der Waals surface area contributed by atoms with Crippen molar-refractivity contribution in [3.8, 4) is 5.75 Å². The Balaban J connectivity index is 2.21. The van der Waals surface area contributed by atoms with Gasteiger partial charge in [-0.05, 0) is 58.4 Å². The molecule has 1 amide bonds. The highest BCUT2D eigenvalue weighted by Gasteiger charge is 2.49. The van der Waals surface area contributed by atoms with Crippen molar-refractivity contribution in [1.82, 2.24) is 14.3 Å². The number of nitrogens with zero attached hydrogens (tertiary/aromatic N) is 1. The maximum atomic E-state index is 14.0. The van der Waals surface area contributed by atoms with Crippen molar-refractivity contribution in [2.45, 2.75) is 116 Å². The van der Waals surface area contributed by atoms with Gasteiger partial charge in [0.1, 0.15) is 24.4 Å². The second-order valence-electron chi connectivity index (χ2n) is 13.9. The molecule has 1 unspecified atom stereocenters. The summed E-state index contributed by atoms with van der Waals surface area (Å²) in [6.45, 7) is 17.2. The Morgan fingerprint density at radius 3 is 2.00 bits per heavy atom. The third kappa shape index (κ3) is 9.22. The van der Waals surface area contributed by atoms with Gasteiger partial charge in [0, 0.05) is 17.8 Å². The van der Waals surface area contributed by atoms with Crippen molar-refractivity contribution in [1.29, 1.82) is 0 Å². The summed E-state index contributed by atoms with van der Waals surface area (Å²) < 4.78 is 81.3. The van der Waals surface area contributed by atoms with Crippen molar-refractivity contribution in [3.05, 3.63) is 65.9 Å². The Hall–Kier alpha value is -3.69. The summed E-state index contributed by atoms with van der Waals surface area (Å²) in [5.74, 6) is -3.03. The number of rotatable bonds is 16. The summed E-state index contributed by atoms with van der Waals surface area (Å²) in [7, 11) is -8.61. The fourth-order valence-electron chi connectivity index (χ4n) is 7.29. The first-order chi connectivity index (χ1) is 23.7. The van der Waals surface area contributed by atoms with E-state index >= 15 is 0 Å². The normalized spacial score (nSPS) is 14.5. The number of benzene rings is 2. The fourth-order valence-corrected chi connectivity index (χ4v) is 14.6.